The van der Waals surface area contributed by atoms with Gasteiger partial charge in [0, 0.05) is 0 Å². The van der Waals surface area contributed by atoms with Crippen molar-refractivity contribution in [3.63, 3.8) is 0 Å². The van der Waals surface area contributed by atoms with Crippen molar-refractivity contribution < 1.29 is 0 Å². The van der Waals surface area contributed by atoms with Gasteiger partial charge in [-0.05, 0) is 94.2 Å². The number of benzene rings is 5. The van der Waals surface area contributed by atoms with Crippen LogP contribution in [0.25, 0.3) is 24.3 Å². The zero-order chi connectivity index (χ0) is 44.1. The van der Waals surface area contributed by atoms with Crippen LogP contribution in [0.4, 0.5) is 0 Å². The summed E-state index contributed by atoms with van der Waals surface area (Å²) in [4.78, 5) is 0. The molecule has 310 valence electrons. The predicted octanol–water partition coefficient (Wildman–Crippen LogP) is 11.5. The van der Waals surface area contributed by atoms with E-state index in [1.54, 1.807) is 0 Å². The summed E-state index contributed by atoms with van der Waals surface area (Å²) in [6.45, 7) is 43.3. The lowest BCUT2D eigenvalue weighted by Gasteiger charge is -2.37. The number of hydrogen-bond acceptors (Lipinski definition) is 0. The molecule has 60 heavy (non-hydrogen) atoms. The molecular formula is C58H72B2. The summed E-state index contributed by atoms with van der Waals surface area (Å²) < 4.78 is 0. The maximum Gasteiger partial charge on any atom is 0.243 e. The normalized spacial score (nSPS) is 14.6. The molecule has 0 aromatic heterocycles. The Kier molecular flexibility index (Phi) is 10.7. The first-order chi connectivity index (χ1) is 27.6. The van der Waals surface area contributed by atoms with E-state index in [1.165, 1.54) is 88.4 Å². The van der Waals surface area contributed by atoms with Gasteiger partial charge in [0.15, 0.2) is 0 Å². The van der Waals surface area contributed by atoms with Crippen molar-refractivity contribution >= 4 is 70.5 Å². The Bertz CT molecular complexity index is 2290. The van der Waals surface area contributed by atoms with Crippen molar-refractivity contribution in [3.8, 4) is 0 Å². The van der Waals surface area contributed by atoms with Crippen LogP contribution in [0.3, 0.4) is 0 Å². The minimum atomic E-state index is -0.0840. The van der Waals surface area contributed by atoms with E-state index in [0.29, 0.717) is 0 Å². The third kappa shape index (κ3) is 8.10. The maximum absolute atomic E-state index is 2.67. The Balaban J connectivity index is 1.67. The van der Waals surface area contributed by atoms with Gasteiger partial charge in [0.1, 0.15) is 0 Å². The van der Waals surface area contributed by atoms with Gasteiger partial charge in [-0.25, -0.2) is 0 Å². The van der Waals surface area contributed by atoms with Crippen LogP contribution < -0.4 is 32.8 Å². The molecule has 2 aliphatic rings. The number of hydrogen-bond donors (Lipinski definition) is 0. The fourth-order valence-electron chi connectivity index (χ4n) is 9.90. The summed E-state index contributed by atoms with van der Waals surface area (Å²) in [6, 6.07) is 33.9. The van der Waals surface area contributed by atoms with Gasteiger partial charge in [-0.15, -0.1) is 0 Å². The molecule has 2 heteroatoms. The second kappa shape index (κ2) is 14.7. The van der Waals surface area contributed by atoms with Crippen LogP contribution in [0, 0.1) is 0 Å². The van der Waals surface area contributed by atoms with E-state index in [-0.39, 0.29) is 45.9 Å². The van der Waals surface area contributed by atoms with Crippen LogP contribution in [0.5, 0.6) is 0 Å². The summed E-state index contributed by atoms with van der Waals surface area (Å²) in [5.74, 6) is 0. The first-order valence-corrected chi connectivity index (χ1v) is 22.7. The minimum Gasteiger partial charge on any atom is -0.0705 e. The molecule has 0 bridgehead atoms. The molecule has 0 amide bonds. The first kappa shape index (κ1) is 43.8. The Morgan fingerprint density at radius 2 is 0.567 bits per heavy atom. The van der Waals surface area contributed by atoms with E-state index in [9.17, 15) is 0 Å². The monoisotopic (exact) mass is 791 g/mol. The van der Waals surface area contributed by atoms with Gasteiger partial charge in [0.25, 0.3) is 0 Å². The Morgan fingerprint density at radius 1 is 0.283 bits per heavy atom. The second-order valence-electron chi connectivity index (χ2n) is 24.4. The Morgan fingerprint density at radius 3 is 0.850 bits per heavy atom. The molecule has 0 fully saturated rings. The summed E-state index contributed by atoms with van der Waals surface area (Å²) >= 11 is 0. The molecule has 5 aromatic carbocycles. The van der Waals surface area contributed by atoms with Crippen molar-refractivity contribution in [2.45, 2.75) is 157 Å². The van der Waals surface area contributed by atoms with Gasteiger partial charge < -0.3 is 0 Å². The highest BCUT2D eigenvalue weighted by Crippen LogP contribution is 2.37. The summed E-state index contributed by atoms with van der Waals surface area (Å²) in [7, 11) is 0. The van der Waals surface area contributed by atoms with Crippen LogP contribution in [0.1, 0.15) is 180 Å². The number of rotatable bonds is 2. The van der Waals surface area contributed by atoms with Gasteiger partial charge in [-0.1, -0.05) is 261 Å². The van der Waals surface area contributed by atoms with Crippen molar-refractivity contribution in [1.29, 1.82) is 0 Å². The lowest BCUT2D eigenvalue weighted by atomic mass is 9.30. The molecule has 0 nitrogen and oxygen atoms in total. The summed E-state index contributed by atoms with van der Waals surface area (Å²) in [5, 5.41) is 0. The van der Waals surface area contributed by atoms with Crippen molar-refractivity contribution in [2.24, 2.45) is 0 Å². The Labute approximate surface area is 366 Å². The fourth-order valence-corrected chi connectivity index (χ4v) is 9.90. The molecule has 0 unspecified atom stereocenters. The van der Waals surface area contributed by atoms with Gasteiger partial charge in [0.05, 0.1) is 0 Å². The highest BCUT2D eigenvalue weighted by Gasteiger charge is 2.41. The van der Waals surface area contributed by atoms with Crippen molar-refractivity contribution in [1.82, 2.24) is 0 Å². The fraction of sp³-hybridized carbons (Fsp3) is 0.414. The van der Waals surface area contributed by atoms with Crippen LogP contribution in [-0.4, -0.2) is 13.4 Å². The maximum atomic E-state index is 2.67. The van der Waals surface area contributed by atoms with Gasteiger partial charge in [0.2, 0.25) is 13.4 Å². The average Bonchev–Trinajstić information content (AvgIpc) is 3.38. The van der Waals surface area contributed by atoms with E-state index in [1.807, 2.05) is 0 Å². The molecule has 0 atom stereocenters. The molecule has 7 rings (SSSR count). The molecule has 2 aliphatic heterocycles. The smallest absolute Gasteiger partial charge is 0.0705 e. The molecule has 0 N–H and O–H groups in total. The van der Waals surface area contributed by atoms with Crippen LogP contribution in [0.15, 0.2) is 84.9 Å². The number of fused-ring (bicyclic) bond motifs is 4. The molecule has 2 heterocycles. The molecule has 0 aliphatic carbocycles. The molecular weight excluding hydrogens is 718 g/mol. The highest BCUT2D eigenvalue weighted by molar-refractivity contribution is 6.99. The van der Waals surface area contributed by atoms with E-state index >= 15 is 0 Å². The van der Waals surface area contributed by atoms with Crippen LogP contribution in [0.2, 0.25) is 0 Å². The van der Waals surface area contributed by atoms with Gasteiger partial charge >= 0.3 is 0 Å². The molecule has 0 saturated heterocycles. The van der Waals surface area contributed by atoms with Gasteiger partial charge in [-0.3, -0.25) is 0 Å². The largest absolute Gasteiger partial charge is 0.243 e. The lowest BCUT2D eigenvalue weighted by Crippen LogP contribution is -2.61. The molecule has 0 radical (unpaired) electrons. The molecule has 5 aromatic rings. The lowest BCUT2D eigenvalue weighted by molar-refractivity contribution is 0.552. The predicted molar refractivity (Wildman–Crippen MR) is 272 cm³/mol. The zero-order valence-electron chi connectivity index (χ0n) is 40.5. The first-order valence-electron chi connectivity index (χ1n) is 22.7. The van der Waals surface area contributed by atoms with Crippen LogP contribution in [-0.2, 0) is 32.5 Å². The quantitative estimate of drug-likeness (QED) is 0.153. The van der Waals surface area contributed by atoms with E-state index in [2.05, 4.69) is 234 Å². The van der Waals surface area contributed by atoms with Crippen LogP contribution >= 0.6 is 0 Å². The topological polar surface area (TPSA) is 0 Å². The van der Waals surface area contributed by atoms with Gasteiger partial charge in [-0.2, -0.15) is 0 Å². The van der Waals surface area contributed by atoms with E-state index in [4.69, 9.17) is 0 Å². The van der Waals surface area contributed by atoms with E-state index in [0.717, 1.165) is 0 Å². The summed E-state index contributed by atoms with van der Waals surface area (Å²) in [6.07, 6.45) is 9.58. The minimum absolute atomic E-state index is 0.0156. The standard InChI is InChI=1S/C58H72B2/c1-53(2,3)41-32-43(55(7,8)9)51(44(33-41)56(10,11)12)59-47-25-21-19-23-37(47)27-29-39-31-40-30-28-38-24-20-22-26-48(38)60(50(40)36-49(39)59)52-45(57(13,14)15)34-42(54(4,5)6)35-46(52)58(16,17)18/h19-36H,1-18H3. The highest BCUT2D eigenvalue weighted by atomic mass is 14.3. The van der Waals surface area contributed by atoms with Crippen molar-refractivity contribution in [2.75, 3.05) is 0 Å². The second-order valence-corrected chi connectivity index (χ2v) is 24.4. The Hall–Kier alpha value is -4.29. The summed E-state index contributed by atoms with van der Waals surface area (Å²) in [5.41, 5.74) is 22.0. The van der Waals surface area contributed by atoms with E-state index < -0.39 is 0 Å². The average molecular weight is 791 g/mol. The molecule has 0 spiro atoms. The van der Waals surface area contributed by atoms with Crippen molar-refractivity contribution in [3.05, 3.63) is 141 Å². The molecule has 0 saturated carbocycles. The zero-order valence-corrected chi connectivity index (χ0v) is 40.5. The third-order valence-corrected chi connectivity index (χ3v) is 13.3. The third-order valence-electron chi connectivity index (χ3n) is 13.3. The SMILES string of the molecule is CC(C)(C)c1cc(C(C)(C)C)c(B2c3ccccc3C=Cc3cc4c(cc32)B(c2c(C(C)(C)C)cc(C(C)(C)C)cc2C(C)(C)C)c2ccccc2C=C4)c(C(C)(C)C)c1.